The molecule has 1 rings (SSSR count). The summed E-state index contributed by atoms with van der Waals surface area (Å²) in [5.74, 6) is -4.77. The van der Waals surface area contributed by atoms with E-state index in [-0.39, 0.29) is 13.2 Å². The van der Waals surface area contributed by atoms with Crippen LogP contribution < -0.4 is 0 Å². The molecule has 2 N–H and O–H groups in total. The number of esters is 2. The van der Waals surface area contributed by atoms with Gasteiger partial charge in [0, 0.05) is 0 Å². The molecule has 0 aliphatic rings. The zero-order valence-electron chi connectivity index (χ0n) is 14.2. The van der Waals surface area contributed by atoms with Gasteiger partial charge in [-0.1, -0.05) is 24.3 Å². The molecule has 0 bridgehead atoms. The third kappa shape index (κ3) is 5.90. The average Bonchev–Trinajstić information content (AvgIpc) is 2.58. The molecular formula is C18H18O8. The molecule has 0 saturated carbocycles. The highest BCUT2D eigenvalue weighted by molar-refractivity contribution is 6.17. The smallest absolute Gasteiger partial charge is 0.345 e. The number of rotatable bonds is 8. The highest BCUT2D eigenvalue weighted by Gasteiger charge is 2.19. The fraction of sp³-hybridized carbons (Fsp3) is 0.222. The van der Waals surface area contributed by atoms with E-state index in [0.29, 0.717) is 11.1 Å². The number of carboxylic acids is 2. The number of hydrogen-bond donors (Lipinski definition) is 2. The van der Waals surface area contributed by atoms with E-state index >= 15 is 0 Å². The van der Waals surface area contributed by atoms with Crippen molar-refractivity contribution in [2.45, 2.75) is 13.8 Å². The Hall–Kier alpha value is -3.42. The maximum Gasteiger partial charge on any atom is 0.345 e. The Bertz CT molecular complexity index is 691. The molecule has 138 valence electrons. The molecule has 0 aliphatic heterocycles. The van der Waals surface area contributed by atoms with E-state index in [9.17, 15) is 19.2 Å². The Balaban J connectivity index is 3.13. The normalized spacial score (nSPS) is 11.6. The lowest BCUT2D eigenvalue weighted by molar-refractivity contribution is -0.145. The molecule has 0 amide bonds. The van der Waals surface area contributed by atoms with Gasteiger partial charge in [-0.2, -0.15) is 0 Å². The minimum atomic E-state index is -1.43. The highest BCUT2D eigenvalue weighted by Crippen LogP contribution is 2.14. The summed E-state index contributed by atoms with van der Waals surface area (Å²) < 4.78 is 9.35. The Morgan fingerprint density at radius 2 is 1.08 bits per heavy atom. The predicted octanol–water partition coefficient (Wildman–Crippen LogP) is 1.75. The van der Waals surface area contributed by atoms with Crippen molar-refractivity contribution >= 4 is 36.0 Å². The molecule has 8 heteroatoms. The molecule has 0 radical (unpaired) electrons. The summed E-state index contributed by atoms with van der Waals surface area (Å²) in [6.45, 7) is 3.20. The SMILES string of the molecule is CCOC(=O)/C(=C\c1ccc(/C=C(/C(=O)O)C(=O)OCC)cc1)C(=O)O. The molecule has 0 spiro atoms. The fourth-order valence-electron chi connectivity index (χ4n) is 1.86. The van der Waals surface area contributed by atoms with Gasteiger partial charge in [-0.3, -0.25) is 0 Å². The predicted molar refractivity (Wildman–Crippen MR) is 90.9 cm³/mol. The largest absolute Gasteiger partial charge is 0.477 e. The molecule has 1 aromatic rings. The summed E-state index contributed by atoms with van der Waals surface area (Å²) in [6, 6.07) is 5.88. The molecule has 0 fully saturated rings. The third-order valence-electron chi connectivity index (χ3n) is 3.01. The van der Waals surface area contributed by atoms with Crippen molar-refractivity contribution < 1.29 is 38.9 Å². The Labute approximate surface area is 149 Å². The number of aliphatic carboxylic acids is 2. The zero-order valence-corrected chi connectivity index (χ0v) is 14.2. The van der Waals surface area contributed by atoms with Crippen LogP contribution in [0.3, 0.4) is 0 Å². The molecule has 1 aromatic carbocycles. The molecule has 26 heavy (non-hydrogen) atoms. The summed E-state index contributed by atoms with van der Waals surface area (Å²) in [7, 11) is 0. The standard InChI is InChI=1S/C18H18O8/c1-3-25-17(23)13(15(19)20)9-11-5-7-12(8-6-11)10-14(16(21)22)18(24)26-4-2/h5-10H,3-4H2,1-2H3,(H,19,20)(H,21,22)/b13-9-,14-10-. The first-order chi connectivity index (χ1) is 12.3. The van der Waals surface area contributed by atoms with Gasteiger partial charge in [0.15, 0.2) is 0 Å². The second-order valence-electron chi connectivity index (χ2n) is 4.83. The first-order valence-electron chi connectivity index (χ1n) is 7.64. The van der Waals surface area contributed by atoms with Crippen LogP contribution in [0.5, 0.6) is 0 Å². The Morgan fingerprint density at radius 3 is 1.31 bits per heavy atom. The molecule has 0 saturated heterocycles. The van der Waals surface area contributed by atoms with Gasteiger partial charge < -0.3 is 19.7 Å². The van der Waals surface area contributed by atoms with E-state index in [1.807, 2.05) is 0 Å². The number of carbonyl (C=O) groups is 4. The minimum Gasteiger partial charge on any atom is -0.477 e. The van der Waals surface area contributed by atoms with Gasteiger partial charge in [-0.15, -0.1) is 0 Å². The maximum absolute atomic E-state index is 11.6. The number of carboxylic acid groups (broad SMARTS) is 2. The number of hydrogen-bond acceptors (Lipinski definition) is 6. The van der Waals surface area contributed by atoms with E-state index in [0.717, 1.165) is 12.2 Å². The van der Waals surface area contributed by atoms with Crippen molar-refractivity contribution in [3.63, 3.8) is 0 Å². The topological polar surface area (TPSA) is 127 Å². The summed E-state index contributed by atoms with van der Waals surface area (Å²) in [4.78, 5) is 45.5. The molecule has 0 atom stereocenters. The molecule has 0 aliphatic carbocycles. The van der Waals surface area contributed by atoms with Crippen LogP contribution in [-0.4, -0.2) is 47.3 Å². The summed E-state index contributed by atoms with van der Waals surface area (Å²) in [5, 5.41) is 18.2. The quantitative estimate of drug-likeness (QED) is 0.310. The Kier molecular flexibility index (Phi) is 7.75. The average molecular weight is 362 g/mol. The van der Waals surface area contributed by atoms with Gasteiger partial charge >= 0.3 is 23.9 Å². The number of ether oxygens (including phenoxy) is 2. The van der Waals surface area contributed by atoms with Crippen LogP contribution in [0.25, 0.3) is 12.2 Å². The van der Waals surface area contributed by atoms with Gasteiger partial charge in [-0.05, 0) is 37.1 Å². The molecular weight excluding hydrogens is 344 g/mol. The molecule has 0 unspecified atom stereocenters. The lowest BCUT2D eigenvalue weighted by Gasteiger charge is -2.04. The van der Waals surface area contributed by atoms with Gasteiger partial charge in [0.2, 0.25) is 0 Å². The lowest BCUT2D eigenvalue weighted by Crippen LogP contribution is -2.15. The monoisotopic (exact) mass is 362 g/mol. The van der Waals surface area contributed by atoms with Gasteiger partial charge in [0.1, 0.15) is 11.1 Å². The van der Waals surface area contributed by atoms with Crippen molar-refractivity contribution in [1.82, 2.24) is 0 Å². The van der Waals surface area contributed by atoms with Gasteiger partial charge in [-0.25, -0.2) is 19.2 Å². The second kappa shape index (κ2) is 9.77. The van der Waals surface area contributed by atoms with E-state index < -0.39 is 35.0 Å². The van der Waals surface area contributed by atoms with Crippen LogP contribution in [0.4, 0.5) is 0 Å². The van der Waals surface area contributed by atoms with Crippen molar-refractivity contribution in [1.29, 1.82) is 0 Å². The zero-order chi connectivity index (χ0) is 19.7. The summed E-state index contributed by atoms with van der Waals surface area (Å²) >= 11 is 0. The molecule has 8 nitrogen and oxygen atoms in total. The third-order valence-corrected chi connectivity index (χ3v) is 3.01. The van der Waals surface area contributed by atoms with Crippen molar-refractivity contribution in [3.8, 4) is 0 Å². The van der Waals surface area contributed by atoms with Crippen LogP contribution in [0, 0.1) is 0 Å². The van der Waals surface area contributed by atoms with Gasteiger partial charge in [0.25, 0.3) is 0 Å². The van der Waals surface area contributed by atoms with Gasteiger partial charge in [0.05, 0.1) is 13.2 Å². The fourth-order valence-corrected chi connectivity index (χ4v) is 1.86. The highest BCUT2D eigenvalue weighted by atomic mass is 16.5. The summed E-state index contributed by atoms with van der Waals surface area (Å²) in [6.07, 6.45) is 2.27. The first-order valence-corrected chi connectivity index (χ1v) is 7.64. The molecule has 0 heterocycles. The Morgan fingerprint density at radius 1 is 0.769 bits per heavy atom. The van der Waals surface area contributed by atoms with Crippen molar-refractivity contribution in [2.24, 2.45) is 0 Å². The van der Waals surface area contributed by atoms with E-state index in [1.54, 1.807) is 13.8 Å². The number of carbonyl (C=O) groups excluding carboxylic acids is 2. The van der Waals surface area contributed by atoms with Crippen LogP contribution >= 0.6 is 0 Å². The first kappa shape index (κ1) is 20.6. The number of benzene rings is 1. The summed E-state index contributed by atoms with van der Waals surface area (Å²) in [5.41, 5.74) is -0.290. The minimum absolute atomic E-state index is 0.0407. The van der Waals surface area contributed by atoms with Crippen LogP contribution in [0.2, 0.25) is 0 Å². The van der Waals surface area contributed by atoms with Crippen molar-refractivity contribution in [3.05, 3.63) is 46.5 Å². The second-order valence-corrected chi connectivity index (χ2v) is 4.83. The van der Waals surface area contributed by atoms with Crippen LogP contribution in [0.1, 0.15) is 25.0 Å². The lowest BCUT2D eigenvalue weighted by atomic mass is 10.1. The van der Waals surface area contributed by atoms with E-state index in [4.69, 9.17) is 10.2 Å². The van der Waals surface area contributed by atoms with Crippen LogP contribution in [0.15, 0.2) is 35.4 Å². The molecule has 0 aromatic heterocycles. The van der Waals surface area contributed by atoms with E-state index in [2.05, 4.69) is 9.47 Å². The van der Waals surface area contributed by atoms with Crippen LogP contribution in [-0.2, 0) is 28.7 Å². The van der Waals surface area contributed by atoms with Crippen molar-refractivity contribution in [2.75, 3.05) is 13.2 Å². The maximum atomic E-state index is 11.6. The van der Waals surface area contributed by atoms with E-state index in [1.165, 1.54) is 24.3 Å².